The van der Waals surface area contributed by atoms with E-state index in [0.29, 0.717) is 5.56 Å². The third-order valence-electron chi connectivity index (χ3n) is 2.94. The van der Waals surface area contributed by atoms with Crippen LogP contribution >= 0.6 is 0 Å². The van der Waals surface area contributed by atoms with Crippen molar-refractivity contribution >= 4 is 11.4 Å². The molecule has 2 nitrogen and oxygen atoms in total. The van der Waals surface area contributed by atoms with Crippen LogP contribution in [0.15, 0.2) is 48.5 Å². The SMILES string of the molecule is CC(O)c1cc(F)ccc1N(C)c1ccccc1. The Morgan fingerprint density at radius 1 is 1.11 bits per heavy atom. The summed E-state index contributed by atoms with van der Waals surface area (Å²) in [7, 11) is 1.90. The summed E-state index contributed by atoms with van der Waals surface area (Å²) in [6.07, 6.45) is -0.707. The van der Waals surface area contributed by atoms with Gasteiger partial charge in [-0.2, -0.15) is 0 Å². The maximum Gasteiger partial charge on any atom is 0.123 e. The molecule has 0 aliphatic carbocycles. The van der Waals surface area contributed by atoms with E-state index in [4.69, 9.17) is 0 Å². The average Bonchev–Trinajstić information content (AvgIpc) is 2.39. The first-order valence-electron chi connectivity index (χ1n) is 5.86. The quantitative estimate of drug-likeness (QED) is 0.892. The molecule has 0 amide bonds. The second-order valence-electron chi connectivity index (χ2n) is 4.27. The van der Waals surface area contributed by atoms with Gasteiger partial charge in [0.2, 0.25) is 0 Å². The van der Waals surface area contributed by atoms with Crippen LogP contribution in [0.4, 0.5) is 15.8 Å². The van der Waals surface area contributed by atoms with Gasteiger partial charge in [0.1, 0.15) is 5.82 Å². The number of aliphatic hydroxyl groups excluding tert-OH is 1. The van der Waals surface area contributed by atoms with Crippen molar-refractivity contribution in [1.29, 1.82) is 0 Å². The van der Waals surface area contributed by atoms with Crippen LogP contribution in [-0.4, -0.2) is 12.2 Å². The summed E-state index contributed by atoms with van der Waals surface area (Å²) in [5.41, 5.74) is 2.38. The fourth-order valence-corrected chi connectivity index (χ4v) is 1.96. The minimum absolute atomic E-state index is 0.337. The molecule has 0 spiro atoms. The molecule has 2 aromatic carbocycles. The van der Waals surface area contributed by atoms with Gasteiger partial charge in [0, 0.05) is 24.0 Å². The lowest BCUT2D eigenvalue weighted by Gasteiger charge is -2.23. The first kappa shape index (κ1) is 12.6. The van der Waals surface area contributed by atoms with Crippen LogP contribution in [0.5, 0.6) is 0 Å². The molecule has 0 saturated heterocycles. The third kappa shape index (κ3) is 2.51. The molecule has 1 N–H and O–H groups in total. The van der Waals surface area contributed by atoms with Gasteiger partial charge in [0.05, 0.1) is 6.10 Å². The van der Waals surface area contributed by atoms with E-state index in [0.717, 1.165) is 11.4 Å². The van der Waals surface area contributed by atoms with E-state index < -0.39 is 6.10 Å². The van der Waals surface area contributed by atoms with E-state index >= 15 is 0 Å². The van der Waals surface area contributed by atoms with Crippen molar-refractivity contribution < 1.29 is 9.50 Å². The summed E-state index contributed by atoms with van der Waals surface area (Å²) in [5.74, 6) is -0.337. The van der Waals surface area contributed by atoms with Crippen LogP contribution in [0.1, 0.15) is 18.6 Å². The van der Waals surface area contributed by atoms with Gasteiger partial charge in [0.15, 0.2) is 0 Å². The molecular formula is C15H16FNO. The second-order valence-corrected chi connectivity index (χ2v) is 4.27. The zero-order valence-corrected chi connectivity index (χ0v) is 10.5. The van der Waals surface area contributed by atoms with Gasteiger partial charge in [-0.3, -0.25) is 0 Å². The number of nitrogens with zero attached hydrogens (tertiary/aromatic N) is 1. The van der Waals surface area contributed by atoms with Crippen molar-refractivity contribution in [3.05, 3.63) is 59.9 Å². The van der Waals surface area contributed by atoms with Crippen LogP contribution in [-0.2, 0) is 0 Å². The Morgan fingerprint density at radius 3 is 2.39 bits per heavy atom. The topological polar surface area (TPSA) is 23.5 Å². The van der Waals surface area contributed by atoms with Crippen LogP contribution in [0, 0.1) is 5.82 Å². The zero-order valence-electron chi connectivity index (χ0n) is 10.5. The monoisotopic (exact) mass is 245 g/mol. The Kier molecular flexibility index (Phi) is 3.63. The number of hydrogen-bond donors (Lipinski definition) is 1. The number of rotatable bonds is 3. The number of anilines is 2. The number of aliphatic hydroxyl groups is 1. The highest BCUT2D eigenvalue weighted by molar-refractivity contribution is 5.66. The molecule has 0 aliphatic heterocycles. The van der Waals surface area contributed by atoms with Crippen LogP contribution in [0.25, 0.3) is 0 Å². The molecule has 1 atom stereocenters. The van der Waals surface area contributed by atoms with Crippen molar-refractivity contribution in [2.75, 3.05) is 11.9 Å². The van der Waals surface area contributed by atoms with Crippen molar-refractivity contribution in [2.45, 2.75) is 13.0 Å². The van der Waals surface area contributed by atoms with E-state index in [1.54, 1.807) is 13.0 Å². The molecule has 1 unspecified atom stereocenters. The minimum Gasteiger partial charge on any atom is -0.389 e. The van der Waals surface area contributed by atoms with E-state index in [2.05, 4.69) is 0 Å². The van der Waals surface area contributed by atoms with Crippen molar-refractivity contribution in [3.8, 4) is 0 Å². The summed E-state index contributed by atoms with van der Waals surface area (Å²) in [4.78, 5) is 1.93. The van der Waals surface area contributed by atoms with Crippen molar-refractivity contribution in [1.82, 2.24) is 0 Å². The summed E-state index contributed by atoms with van der Waals surface area (Å²) in [6, 6.07) is 14.2. The Balaban J connectivity index is 2.45. The largest absolute Gasteiger partial charge is 0.389 e. The van der Waals surface area contributed by atoms with E-state index in [-0.39, 0.29) is 5.82 Å². The average molecular weight is 245 g/mol. The summed E-state index contributed by atoms with van der Waals surface area (Å²) >= 11 is 0. The maximum atomic E-state index is 13.2. The van der Waals surface area contributed by atoms with E-state index in [9.17, 15) is 9.50 Å². The highest BCUT2D eigenvalue weighted by Crippen LogP contribution is 2.31. The van der Waals surface area contributed by atoms with Crippen LogP contribution in [0.3, 0.4) is 0 Å². The fourth-order valence-electron chi connectivity index (χ4n) is 1.96. The molecule has 0 saturated carbocycles. The summed E-state index contributed by atoms with van der Waals surface area (Å²) in [5, 5.41) is 9.73. The van der Waals surface area contributed by atoms with E-state index in [1.807, 2.05) is 42.3 Å². The van der Waals surface area contributed by atoms with Gasteiger partial charge in [-0.25, -0.2) is 4.39 Å². The van der Waals surface area contributed by atoms with Crippen LogP contribution in [0.2, 0.25) is 0 Å². The lowest BCUT2D eigenvalue weighted by Crippen LogP contribution is -2.13. The third-order valence-corrected chi connectivity index (χ3v) is 2.94. The molecular weight excluding hydrogens is 229 g/mol. The Morgan fingerprint density at radius 2 is 1.78 bits per heavy atom. The zero-order chi connectivity index (χ0) is 13.1. The lowest BCUT2D eigenvalue weighted by molar-refractivity contribution is 0.199. The van der Waals surface area contributed by atoms with E-state index in [1.165, 1.54) is 12.1 Å². The standard InChI is InChI=1S/C15H16FNO/c1-11(18)14-10-12(16)8-9-15(14)17(2)13-6-4-3-5-7-13/h3-11,18H,1-2H3. The first-order valence-corrected chi connectivity index (χ1v) is 5.86. The van der Waals surface area contributed by atoms with Gasteiger partial charge in [0.25, 0.3) is 0 Å². The smallest absolute Gasteiger partial charge is 0.123 e. The molecule has 0 aromatic heterocycles. The molecule has 18 heavy (non-hydrogen) atoms. The fraction of sp³-hybridized carbons (Fsp3) is 0.200. The molecule has 0 radical (unpaired) electrons. The predicted octanol–water partition coefficient (Wildman–Crippen LogP) is 3.65. The van der Waals surface area contributed by atoms with Gasteiger partial charge in [-0.15, -0.1) is 0 Å². The molecule has 0 heterocycles. The molecule has 0 fully saturated rings. The summed E-state index contributed by atoms with van der Waals surface area (Å²) < 4.78 is 13.2. The van der Waals surface area contributed by atoms with Gasteiger partial charge in [-0.05, 0) is 37.3 Å². The van der Waals surface area contributed by atoms with Crippen molar-refractivity contribution in [2.24, 2.45) is 0 Å². The highest BCUT2D eigenvalue weighted by Gasteiger charge is 2.13. The predicted molar refractivity (Wildman–Crippen MR) is 71.5 cm³/mol. The Labute approximate surface area is 106 Å². The highest BCUT2D eigenvalue weighted by atomic mass is 19.1. The first-order chi connectivity index (χ1) is 8.59. The van der Waals surface area contributed by atoms with Crippen molar-refractivity contribution in [3.63, 3.8) is 0 Å². The number of hydrogen-bond acceptors (Lipinski definition) is 2. The van der Waals surface area contributed by atoms with Gasteiger partial charge in [-0.1, -0.05) is 18.2 Å². The van der Waals surface area contributed by atoms with Crippen LogP contribution < -0.4 is 4.90 Å². The lowest BCUT2D eigenvalue weighted by atomic mass is 10.1. The normalized spacial score (nSPS) is 12.2. The molecule has 3 heteroatoms. The van der Waals surface area contributed by atoms with Gasteiger partial charge < -0.3 is 10.0 Å². The molecule has 0 bridgehead atoms. The summed E-state index contributed by atoms with van der Waals surface area (Å²) in [6.45, 7) is 1.64. The molecule has 94 valence electrons. The minimum atomic E-state index is -0.707. The number of halogens is 1. The second kappa shape index (κ2) is 5.19. The number of benzene rings is 2. The maximum absolute atomic E-state index is 13.2. The molecule has 0 aliphatic rings. The molecule has 2 rings (SSSR count). The Bertz CT molecular complexity index is 525. The molecule has 2 aromatic rings. The number of para-hydroxylation sites is 1. The van der Waals surface area contributed by atoms with Gasteiger partial charge >= 0.3 is 0 Å². The Hall–Kier alpha value is -1.87.